The molecule has 0 amide bonds. The smallest absolute Gasteiger partial charge is 0.133 e. The van der Waals surface area contributed by atoms with Crippen LogP contribution in [0.5, 0.6) is 5.75 Å². The highest BCUT2D eigenvalue weighted by Gasteiger charge is 2.27. The zero-order valence-electron chi connectivity index (χ0n) is 11.9. The lowest BCUT2D eigenvalue weighted by Crippen LogP contribution is -1.99. The summed E-state index contributed by atoms with van der Waals surface area (Å²) in [7, 11) is 1.68. The predicted molar refractivity (Wildman–Crippen MR) is 80.5 cm³/mol. The second-order valence-corrected chi connectivity index (χ2v) is 5.75. The molecule has 1 heterocycles. The summed E-state index contributed by atoms with van der Waals surface area (Å²) >= 11 is 6.16. The molecule has 1 saturated carbocycles. The SMILES string of the molecule is COc1cc(C)cc(C)c1-c1cc(Cl)nc(C2CC2)n1. The van der Waals surface area contributed by atoms with E-state index in [-0.39, 0.29) is 0 Å². The summed E-state index contributed by atoms with van der Waals surface area (Å²) in [6.07, 6.45) is 2.31. The number of methoxy groups -OCH3 is 1. The maximum atomic E-state index is 6.16. The monoisotopic (exact) mass is 288 g/mol. The van der Waals surface area contributed by atoms with E-state index in [0.717, 1.165) is 41.2 Å². The van der Waals surface area contributed by atoms with Crippen LogP contribution >= 0.6 is 11.6 Å². The minimum atomic E-state index is 0.476. The first-order chi connectivity index (χ1) is 9.58. The molecule has 0 aliphatic heterocycles. The van der Waals surface area contributed by atoms with Crippen LogP contribution in [0.1, 0.15) is 35.7 Å². The summed E-state index contributed by atoms with van der Waals surface area (Å²) in [6.45, 7) is 4.12. The van der Waals surface area contributed by atoms with Crippen LogP contribution in [0.15, 0.2) is 18.2 Å². The van der Waals surface area contributed by atoms with Crippen molar-refractivity contribution >= 4 is 11.6 Å². The molecule has 2 aromatic rings. The van der Waals surface area contributed by atoms with Gasteiger partial charge in [-0.3, -0.25) is 0 Å². The molecule has 0 atom stereocenters. The van der Waals surface area contributed by atoms with Crippen LogP contribution < -0.4 is 4.74 Å². The van der Waals surface area contributed by atoms with Gasteiger partial charge in [0.2, 0.25) is 0 Å². The Morgan fingerprint density at radius 1 is 1.15 bits per heavy atom. The molecule has 0 bridgehead atoms. The second kappa shape index (κ2) is 5.06. The van der Waals surface area contributed by atoms with E-state index in [1.165, 1.54) is 5.56 Å². The van der Waals surface area contributed by atoms with Crippen molar-refractivity contribution in [2.45, 2.75) is 32.6 Å². The van der Waals surface area contributed by atoms with Crippen LogP contribution in [0, 0.1) is 13.8 Å². The number of nitrogens with zero attached hydrogens (tertiary/aromatic N) is 2. The van der Waals surface area contributed by atoms with Crippen molar-refractivity contribution in [3.05, 3.63) is 40.3 Å². The highest BCUT2D eigenvalue weighted by Crippen LogP contribution is 2.40. The van der Waals surface area contributed by atoms with Crippen molar-refractivity contribution in [3.63, 3.8) is 0 Å². The Kier molecular flexibility index (Phi) is 3.38. The fourth-order valence-corrected chi connectivity index (χ4v) is 2.70. The molecule has 104 valence electrons. The first-order valence-electron chi connectivity index (χ1n) is 6.78. The fourth-order valence-electron chi connectivity index (χ4n) is 2.51. The van der Waals surface area contributed by atoms with E-state index >= 15 is 0 Å². The van der Waals surface area contributed by atoms with Crippen LogP contribution in [0.2, 0.25) is 5.15 Å². The molecule has 1 aliphatic rings. The van der Waals surface area contributed by atoms with Crippen molar-refractivity contribution in [2.24, 2.45) is 0 Å². The molecule has 1 fully saturated rings. The van der Waals surface area contributed by atoms with Crippen LogP contribution in [-0.4, -0.2) is 17.1 Å². The molecule has 3 rings (SSSR count). The van der Waals surface area contributed by atoms with Gasteiger partial charge in [-0.25, -0.2) is 9.97 Å². The zero-order valence-corrected chi connectivity index (χ0v) is 12.7. The third kappa shape index (κ3) is 2.50. The Labute approximate surface area is 124 Å². The van der Waals surface area contributed by atoms with E-state index < -0.39 is 0 Å². The molecule has 4 heteroatoms. The number of hydrogen-bond acceptors (Lipinski definition) is 3. The van der Waals surface area contributed by atoms with Gasteiger partial charge in [0.15, 0.2) is 0 Å². The van der Waals surface area contributed by atoms with Gasteiger partial charge in [0, 0.05) is 17.5 Å². The number of halogens is 1. The largest absolute Gasteiger partial charge is 0.496 e. The van der Waals surface area contributed by atoms with Gasteiger partial charge >= 0.3 is 0 Å². The molecule has 20 heavy (non-hydrogen) atoms. The summed E-state index contributed by atoms with van der Waals surface area (Å²) in [5.74, 6) is 2.16. The molecule has 0 unspecified atom stereocenters. The van der Waals surface area contributed by atoms with Gasteiger partial charge in [0.1, 0.15) is 16.7 Å². The molecule has 0 N–H and O–H groups in total. The first-order valence-corrected chi connectivity index (χ1v) is 7.16. The van der Waals surface area contributed by atoms with Gasteiger partial charge in [0.25, 0.3) is 0 Å². The standard InChI is InChI=1S/C16H17ClN2O/c1-9-6-10(2)15(13(7-9)20-3)12-8-14(17)19-16(18-12)11-4-5-11/h6-8,11H,4-5H2,1-3H3. The third-order valence-electron chi connectivity index (χ3n) is 3.57. The molecule has 1 aromatic heterocycles. The topological polar surface area (TPSA) is 35.0 Å². The Morgan fingerprint density at radius 2 is 1.90 bits per heavy atom. The number of rotatable bonds is 3. The van der Waals surface area contributed by atoms with Gasteiger partial charge in [0.05, 0.1) is 12.8 Å². The van der Waals surface area contributed by atoms with Crippen LogP contribution in [0.4, 0.5) is 0 Å². The first kappa shape index (κ1) is 13.4. The molecular formula is C16H17ClN2O. The average Bonchev–Trinajstić information content (AvgIpc) is 3.21. The lowest BCUT2D eigenvalue weighted by atomic mass is 10.0. The normalized spacial score (nSPS) is 14.4. The van der Waals surface area contributed by atoms with Gasteiger partial charge in [-0.2, -0.15) is 0 Å². The van der Waals surface area contributed by atoms with E-state index in [9.17, 15) is 0 Å². The predicted octanol–water partition coefficient (Wildman–Crippen LogP) is 4.30. The van der Waals surface area contributed by atoms with Crippen LogP contribution in [0.3, 0.4) is 0 Å². The number of aryl methyl sites for hydroxylation is 2. The summed E-state index contributed by atoms with van der Waals surface area (Å²) < 4.78 is 5.51. The Bertz CT molecular complexity index is 666. The number of ether oxygens (including phenoxy) is 1. The van der Waals surface area contributed by atoms with Crippen molar-refractivity contribution in [1.29, 1.82) is 0 Å². The molecule has 0 spiro atoms. The summed E-state index contributed by atoms with van der Waals surface area (Å²) in [5, 5.41) is 0.499. The molecule has 3 nitrogen and oxygen atoms in total. The molecule has 1 aromatic carbocycles. The molecular weight excluding hydrogens is 272 g/mol. The molecule has 0 radical (unpaired) electrons. The average molecular weight is 289 g/mol. The quantitative estimate of drug-likeness (QED) is 0.790. The van der Waals surface area contributed by atoms with Crippen molar-refractivity contribution in [1.82, 2.24) is 9.97 Å². The Morgan fingerprint density at radius 3 is 2.55 bits per heavy atom. The Hall–Kier alpha value is -1.61. The van der Waals surface area contributed by atoms with Gasteiger partial charge in [-0.1, -0.05) is 17.7 Å². The lowest BCUT2D eigenvalue weighted by Gasteiger charge is -2.13. The van der Waals surface area contributed by atoms with Crippen molar-refractivity contribution < 1.29 is 4.74 Å². The minimum Gasteiger partial charge on any atom is -0.496 e. The van der Waals surface area contributed by atoms with Crippen LogP contribution in [-0.2, 0) is 0 Å². The lowest BCUT2D eigenvalue weighted by molar-refractivity contribution is 0.415. The van der Waals surface area contributed by atoms with E-state index in [4.69, 9.17) is 16.3 Å². The number of aromatic nitrogens is 2. The van der Waals surface area contributed by atoms with Gasteiger partial charge in [-0.15, -0.1) is 0 Å². The minimum absolute atomic E-state index is 0.476. The highest BCUT2D eigenvalue weighted by atomic mass is 35.5. The maximum absolute atomic E-state index is 6.16. The van der Waals surface area contributed by atoms with E-state index in [2.05, 4.69) is 29.9 Å². The van der Waals surface area contributed by atoms with Crippen molar-refractivity contribution in [3.8, 4) is 17.0 Å². The van der Waals surface area contributed by atoms with Gasteiger partial charge in [-0.05, 0) is 43.9 Å². The van der Waals surface area contributed by atoms with E-state index in [1.807, 2.05) is 12.1 Å². The van der Waals surface area contributed by atoms with Crippen LogP contribution in [0.25, 0.3) is 11.3 Å². The summed E-state index contributed by atoms with van der Waals surface area (Å²) in [4.78, 5) is 9.03. The fraction of sp³-hybridized carbons (Fsp3) is 0.375. The molecule has 0 saturated heterocycles. The maximum Gasteiger partial charge on any atom is 0.133 e. The third-order valence-corrected chi connectivity index (χ3v) is 3.77. The number of benzene rings is 1. The number of hydrogen-bond donors (Lipinski definition) is 0. The highest BCUT2D eigenvalue weighted by molar-refractivity contribution is 6.29. The van der Waals surface area contributed by atoms with E-state index in [0.29, 0.717) is 11.1 Å². The summed E-state index contributed by atoms with van der Waals surface area (Å²) in [5.41, 5.74) is 4.16. The van der Waals surface area contributed by atoms with E-state index in [1.54, 1.807) is 7.11 Å². The van der Waals surface area contributed by atoms with Gasteiger partial charge < -0.3 is 4.74 Å². The molecule has 1 aliphatic carbocycles. The summed E-state index contributed by atoms with van der Waals surface area (Å²) in [6, 6.07) is 5.97. The van der Waals surface area contributed by atoms with Crippen molar-refractivity contribution in [2.75, 3.05) is 7.11 Å². The zero-order chi connectivity index (χ0) is 14.3. The second-order valence-electron chi connectivity index (χ2n) is 5.37. The Balaban J connectivity index is 2.17.